The van der Waals surface area contributed by atoms with Crippen molar-refractivity contribution in [1.29, 1.82) is 0 Å². The van der Waals surface area contributed by atoms with Crippen LogP contribution in [-0.4, -0.2) is 50.5 Å². The van der Waals surface area contributed by atoms with Gasteiger partial charge in [-0.3, -0.25) is 13.9 Å². The lowest BCUT2D eigenvalue weighted by atomic mass is 10.1. The number of nitrogens with one attached hydrogen (secondary N) is 1. The molecule has 0 heterocycles. The van der Waals surface area contributed by atoms with E-state index < -0.39 is 28.5 Å². The molecule has 1 atom stereocenters. The zero-order valence-corrected chi connectivity index (χ0v) is 23.0. The van der Waals surface area contributed by atoms with E-state index in [1.54, 1.807) is 48.5 Å². The molecular weight excluding hydrogens is 542 g/mol. The Balaban J connectivity index is 2.42. The minimum absolute atomic E-state index is 0.0735. The first kappa shape index (κ1) is 28.1. The number of hydrogen-bond donors (Lipinski definition) is 1. The Morgan fingerprint density at radius 1 is 1.09 bits per heavy atom. The van der Waals surface area contributed by atoms with Crippen LogP contribution in [0.3, 0.4) is 0 Å². The normalized spacial score (nSPS) is 12.3. The number of hydrogen-bond acceptors (Lipinski definition) is 4. The summed E-state index contributed by atoms with van der Waals surface area (Å²) in [6, 6.07) is 12.9. The summed E-state index contributed by atoms with van der Waals surface area (Å²) >= 11 is 9.67. The Morgan fingerprint density at radius 2 is 1.71 bits per heavy atom. The Labute approximate surface area is 215 Å². The van der Waals surface area contributed by atoms with Crippen molar-refractivity contribution in [2.24, 2.45) is 5.92 Å². The molecule has 0 fully saturated rings. The molecule has 0 aromatic heterocycles. The van der Waals surface area contributed by atoms with Gasteiger partial charge in [0.25, 0.3) is 0 Å². The molecule has 0 radical (unpaired) electrons. The maximum atomic E-state index is 13.6. The van der Waals surface area contributed by atoms with Crippen LogP contribution in [0.25, 0.3) is 0 Å². The first-order valence-electron chi connectivity index (χ1n) is 11.0. The van der Waals surface area contributed by atoms with Crippen LogP contribution in [0.1, 0.15) is 32.8 Å². The monoisotopic (exact) mass is 571 g/mol. The number of nitrogens with zero attached hydrogens (tertiary/aromatic N) is 2. The number of sulfonamides is 1. The van der Waals surface area contributed by atoms with Crippen LogP contribution in [-0.2, 0) is 26.2 Å². The van der Waals surface area contributed by atoms with E-state index in [0.29, 0.717) is 29.2 Å². The first-order valence-corrected chi connectivity index (χ1v) is 14.0. The molecule has 0 saturated carbocycles. The summed E-state index contributed by atoms with van der Waals surface area (Å²) in [6.07, 6.45) is 1.41. The van der Waals surface area contributed by atoms with Gasteiger partial charge >= 0.3 is 0 Å². The molecule has 34 heavy (non-hydrogen) atoms. The number of rotatable bonds is 11. The summed E-state index contributed by atoms with van der Waals surface area (Å²) in [7, 11) is -3.77. The Kier molecular flexibility index (Phi) is 10.4. The van der Waals surface area contributed by atoms with E-state index in [1.807, 2.05) is 20.8 Å². The summed E-state index contributed by atoms with van der Waals surface area (Å²) < 4.78 is 27.0. The van der Waals surface area contributed by atoms with Crippen LogP contribution in [0.15, 0.2) is 53.0 Å². The predicted molar refractivity (Wildman–Crippen MR) is 140 cm³/mol. The van der Waals surface area contributed by atoms with Crippen molar-refractivity contribution >= 4 is 55.1 Å². The highest BCUT2D eigenvalue weighted by Gasteiger charge is 2.32. The number of amides is 2. The van der Waals surface area contributed by atoms with Gasteiger partial charge in [-0.25, -0.2) is 8.42 Å². The third kappa shape index (κ3) is 7.99. The maximum Gasteiger partial charge on any atom is 0.244 e. The van der Waals surface area contributed by atoms with Gasteiger partial charge in [-0.2, -0.15) is 0 Å². The fourth-order valence-electron chi connectivity index (χ4n) is 3.37. The topological polar surface area (TPSA) is 86.8 Å². The first-order chi connectivity index (χ1) is 15.9. The minimum atomic E-state index is -3.77. The quantitative estimate of drug-likeness (QED) is 0.431. The lowest BCUT2D eigenvalue weighted by Crippen LogP contribution is -2.52. The molecule has 186 valence electrons. The van der Waals surface area contributed by atoms with Crippen molar-refractivity contribution < 1.29 is 18.0 Å². The van der Waals surface area contributed by atoms with E-state index in [0.717, 1.165) is 15.0 Å². The zero-order valence-electron chi connectivity index (χ0n) is 19.8. The molecule has 1 N–H and O–H groups in total. The molecule has 0 aliphatic heterocycles. The molecule has 2 amide bonds. The van der Waals surface area contributed by atoms with Gasteiger partial charge in [0, 0.05) is 22.6 Å². The second-order valence-electron chi connectivity index (χ2n) is 8.42. The predicted octanol–water partition coefficient (Wildman–Crippen LogP) is 4.45. The molecule has 2 aromatic carbocycles. The summed E-state index contributed by atoms with van der Waals surface area (Å²) in [5, 5.41) is 3.35. The SMILES string of the molecule is CC[C@H](C(=O)NCC(C)C)N(Cc1ccccc1Cl)C(=O)CN(c1ccc(Br)cc1)S(C)(=O)=O. The third-order valence-electron chi connectivity index (χ3n) is 5.16. The molecule has 2 aromatic rings. The van der Waals surface area contributed by atoms with Crippen molar-refractivity contribution in [3.05, 3.63) is 63.6 Å². The second-order valence-corrected chi connectivity index (χ2v) is 11.7. The van der Waals surface area contributed by atoms with Crippen molar-refractivity contribution in [2.75, 3.05) is 23.7 Å². The molecule has 0 spiro atoms. The van der Waals surface area contributed by atoms with Crippen molar-refractivity contribution in [3.8, 4) is 0 Å². The van der Waals surface area contributed by atoms with Gasteiger partial charge in [-0.1, -0.05) is 66.5 Å². The van der Waals surface area contributed by atoms with E-state index in [-0.39, 0.29) is 18.4 Å². The molecule has 2 rings (SSSR count). The summed E-state index contributed by atoms with van der Waals surface area (Å²) in [5.41, 5.74) is 1.02. The molecule has 10 heteroatoms. The molecule has 0 unspecified atom stereocenters. The highest BCUT2D eigenvalue weighted by atomic mass is 79.9. The van der Waals surface area contributed by atoms with E-state index in [2.05, 4.69) is 21.2 Å². The molecule has 0 bridgehead atoms. The molecular formula is C24H31BrClN3O4S. The van der Waals surface area contributed by atoms with E-state index in [1.165, 1.54) is 4.90 Å². The molecule has 7 nitrogen and oxygen atoms in total. The van der Waals surface area contributed by atoms with Crippen LogP contribution in [0.4, 0.5) is 5.69 Å². The fraction of sp³-hybridized carbons (Fsp3) is 0.417. The Bertz CT molecular complexity index is 1090. The van der Waals surface area contributed by atoms with Gasteiger partial charge in [-0.15, -0.1) is 0 Å². The van der Waals surface area contributed by atoms with Crippen molar-refractivity contribution in [3.63, 3.8) is 0 Å². The maximum absolute atomic E-state index is 13.6. The average Bonchev–Trinajstić information content (AvgIpc) is 2.77. The van der Waals surface area contributed by atoms with Crippen molar-refractivity contribution in [2.45, 2.75) is 39.8 Å². The highest BCUT2D eigenvalue weighted by molar-refractivity contribution is 9.10. The van der Waals surface area contributed by atoms with E-state index >= 15 is 0 Å². The highest BCUT2D eigenvalue weighted by Crippen LogP contribution is 2.23. The van der Waals surface area contributed by atoms with Gasteiger partial charge in [-0.05, 0) is 48.2 Å². The third-order valence-corrected chi connectivity index (χ3v) is 7.20. The molecule has 0 aliphatic carbocycles. The van der Waals surface area contributed by atoms with E-state index in [9.17, 15) is 18.0 Å². The van der Waals surface area contributed by atoms with Crippen LogP contribution >= 0.6 is 27.5 Å². The molecule has 0 aliphatic rings. The summed E-state index contributed by atoms with van der Waals surface area (Å²) in [6.45, 7) is 5.88. The van der Waals surface area contributed by atoms with Gasteiger partial charge in [0.2, 0.25) is 21.8 Å². The zero-order chi connectivity index (χ0) is 25.5. The second kappa shape index (κ2) is 12.6. The van der Waals surface area contributed by atoms with Crippen LogP contribution in [0, 0.1) is 5.92 Å². The number of carbonyl (C=O) groups excluding carboxylic acids is 2. The van der Waals surface area contributed by atoms with Gasteiger partial charge in [0.15, 0.2) is 0 Å². The number of carbonyl (C=O) groups is 2. The largest absolute Gasteiger partial charge is 0.354 e. The Morgan fingerprint density at radius 3 is 2.24 bits per heavy atom. The lowest BCUT2D eigenvalue weighted by Gasteiger charge is -2.33. The average molecular weight is 573 g/mol. The van der Waals surface area contributed by atoms with Crippen LogP contribution in [0.2, 0.25) is 5.02 Å². The fourth-order valence-corrected chi connectivity index (χ4v) is 4.68. The molecule has 0 saturated heterocycles. The number of anilines is 1. The number of benzene rings is 2. The Hall–Kier alpha value is -2.10. The van der Waals surface area contributed by atoms with Gasteiger partial charge in [0.05, 0.1) is 11.9 Å². The van der Waals surface area contributed by atoms with Crippen LogP contribution < -0.4 is 9.62 Å². The number of halogens is 2. The van der Waals surface area contributed by atoms with Crippen LogP contribution in [0.5, 0.6) is 0 Å². The summed E-state index contributed by atoms with van der Waals surface area (Å²) in [4.78, 5) is 28.0. The summed E-state index contributed by atoms with van der Waals surface area (Å²) in [5.74, 6) is -0.543. The van der Waals surface area contributed by atoms with Gasteiger partial charge < -0.3 is 10.2 Å². The van der Waals surface area contributed by atoms with Crippen molar-refractivity contribution in [1.82, 2.24) is 10.2 Å². The van der Waals surface area contributed by atoms with E-state index in [4.69, 9.17) is 11.6 Å². The standard InChI is InChI=1S/C24H31BrClN3O4S/c1-5-22(24(31)27-14-17(2)3)28(15-18-8-6-7-9-21(18)26)23(30)16-29(34(4,32)33)20-12-10-19(25)11-13-20/h6-13,17,22H,5,14-16H2,1-4H3,(H,27,31)/t22-/m1/s1. The minimum Gasteiger partial charge on any atom is -0.354 e. The van der Waals surface area contributed by atoms with Gasteiger partial charge in [0.1, 0.15) is 12.6 Å². The lowest BCUT2D eigenvalue weighted by molar-refractivity contribution is -0.140. The smallest absolute Gasteiger partial charge is 0.244 e.